The lowest BCUT2D eigenvalue weighted by molar-refractivity contribution is -0.137. The number of hydrogen-bond donors (Lipinski definition) is 3. The molecule has 2 unspecified atom stereocenters. The first-order valence-corrected chi connectivity index (χ1v) is 6.99. The van der Waals surface area contributed by atoms with E-state index in [4.69, 9.17) is 5.11 Å². The fourth-order valence-electron chi connectivity index (χ4n) is 2.29. The predicted octanol–water partition coefficient (Wildman–Crippen LogP) is 0.881. The van der Waals surface area contributed by atoms with E-state index in [1.807, 2.05) is 6.92 Å². The summed E-state index contributed by atoms with van der Waals surface area (Å²) in [7, 11) is 0. The fraction of sp³-hybridized carbons (Fsp3) is 0.846. The zero-order chi connectivity index (χ0) is 14.3. The first kappa shape index (κ1) is 15.8. The second-order valence-corrected chi connectivity index (χ2v) is 5.24. The molecule has 0 aromatic heterocycles. The van der Waals surface area contributed by atoms with Gasteiger partial charge in [-0.05, 0) is 38.8 Å². The van der Waals surface area contributed by atoms with Gasteiger partial charge in [0.1, 0.15) is 0 Å². The second-order valence-electron chi connectivity index (χ2n) is 5.24. The number of carbonyl (C=O) groups excluding carboxylic acids is 1. The molecule has 110 valence electrons. The molecular formula is C13H25N3O3. The van der Waals surface area contributed by atoms with Gasteiger partial charge in [0.25, 0.3) is 0 Å². The molecule has 0 aliphatic carbocycles. The molecule has 0 spiro atoms. The fourth-order valence-corrected chi connectivity index (χ4v) is 2.29. The number of urea groups is 1. The summed E-state index contributed by atoms with van der Waals surface area (Å²) in [6.07, 6.45) is 1.66. The van der Waals surface area contributed by atoms with E-state index in [1.54, 1.807) is 0 Å². The van der Waals surface area contributed by atoms with E-state index in [0.29, 0.717) is 18.9 Å². The Morgan fingerprint density at radius 1 is 1.47 bits per heavy atom. The van der Waals surface area contributed by atoms with Crippen LogP contribution in [0.15, 0.2) is 0 Å². The summed E-state index contributed by atoms with van der Waals surface area (Å²) in [6, 6.07) is -0.320. The third-order valence-electron chi connectivity index (χ3n) is 3.54. The monoisotopic (exact) mass is 271 g/mol. The molecule has 0 aromatic rings. The van der Waals surface area contributed by atoms with E-state index in [0.717, 1.165) is 26.1 Å². The molecular weight excluding hydrogens is 246 g/mol. The molecule has 2 amide bonds. The third-order valence-corrected chi connectivity index (χ3v) is 3.54. The van der Waals surface area contributed by atoms with Gasteiger partial charge in [-0.15, -0.1) is 0 Å². The summed E-state index contributed by atoms with van der Waals surface area (Å²) in [5.41, 5.74) is 0. The van der Waals surface area contributed by atoms with Crippen LogP contribution in [0.25, 0.3) is 0 Å². The average Bonchev–Trinajstić information content (AvgIpc) is 2.82. The lowest BCUT2D eigenvalue weighted by Crippen LogP contribution is -2.43. The zero-order valence-corrected chi connectivity index (χ0v) is 11.8. The summed E-state index contributed by atoms with van der Waals surface area (Å²) < 4.78 is 0. The van der Waals surface area contributed by atoms with Gasteiger partial charge < -0.3 is 20.6 Å². The SMILES string of the molecule is CCN1CCC(CNC(=O)NC(C)CCC(=O)O)C1. The van der Waals surface area contributed by atoms with Crippen molar-refractivity contribution >= 4 is 12.0 Å². The average molecular weight is 271 g/mol. The Labute approximate surface area is 114 Å². The highest BCUT2D eigenvalue weighted by Gasteiger charge is 2.21. The number of likely N-dealkylation sites (tertiary alicyclic amines) is 1. The van der Waals surface area contributed by atoms with Gasteiger partial charge in [-0.1, -0.05) is 6.92 Å². The second kappa shape index (κ2) is 7.99. The van der Waals surface area contributed by atoms with Crippen LogP contribution in [-0.4, -0.2) is 54.2 Å². The van der Waals surface area contributed by atoms with E-state index in [1.165, 1.54) is 0 Å². The molecule has 0 aromatic carbocycles. The van der Waals surface area contributed by atoms with Crippen LogP contribution in [0.3, 0.4) is 0 Å². The number of nitrogens with one attached hydrogen (secondary N) is 2. The van der Waals surface area contributed by atoms with Crippen LogP contribution in [0.5, 0.6) is 0 Å². The van der Waals surface area contributed by atoms with Crippen LogP contribution < -0.4 is 10.6 Å². The van der Waals surface area contributed by atoms with E-state index in [9.17, 15) is 9.59 Å². The first-order valence-electron chi connectivity index (χ1n) is 6.99. The standard InChI is InChI=1S/C13H25N3O3/c1-3-16-7-6-11(9-16)8-14-13(19)15-10(2)4-5-12(17)18/h10-11H,3-9H2,1-2H3,(H,17,18)(H2,14,15,19). The van der Waals surface area contributed by atoms with Crippen molar-refractivity contribution in [2.24, 2.45) is 5.92 Å². The largest absolute Gasteiger partial charge is 0.481 e. The highest BCUT2D eigenvalue weighted by molar-refractivity contribution is 5.74. The number of nitrogens with zero attached hydrogens (tertiary/aromatic N) is 1. The highest BCUT2D eigenvalue weighted by Crippen LogP contribution is 2.14. The third kappa shape index (κ3) is 6.42. The number of aliphatic carboxylic acids is 1. The Hall–Kier alpha value is -1.30. The molecule has 2 atom stereocenters. The minimum absolute atomic E-state index is 0.0789. The maximum Gasteiger partial charge on any atom is 0.315 e. The molecule has 1 heterocycles. The molecule has 1 fully saturated rings. The molecule has 19 heavy (non-hydrogen) atoms. The Balaban J connectivity index is 2.12. The summed E-state index contributed by atoms with van der Waals surface area (Å²) >= 11 is 0. The number of carbonyl (C=O) groups is 2. The van der Waals surface area contributed by atoms with Crippen molar-refractivity contribution in [3.05, 3.63) is 0 Å². The van der Waals surface area contributed by atoms with Gasteiger partial charge in [0.2, 0.25) is 0 Å². The minimum atomic E-state index is -0.834. The van der Waals surface area contributed by atoms with Gasteiger partial charge in [0.05, 0.1) is 0 Å². The zero-order valence-electron chi connectivity index (χ0n) is 11.8. The number of hydrogen-bond acceptors (Lipinski definition) is 3. The lowest BCUT2D eigenvalue weighted by Gasteiger charge is -2.16. The van der Waals surface area contributed by atoms with E-state index < -0.39 is 5.97 Å². The van der Waals surface area contributed by atoms with Crippen LogP contribution in [0, 0.1) is 5.92 Å². The van der Waals surface area contributed by atoms with Gasteiger partial charge in [0.15, 0.2) is 0 Å². The van der Waals surface area contributed by atoms with E-state index in [-0.39, 0.29) is 18.5 Å². The minimum Gasteiger partial charge on any atom is -0.481 e. The molecule has 1 aliphatic heterocycles. The molecule has 6 nitrogen and oxygen atoms in total. The molecule has 0 radical (unpaired) electrons. The normalized spacial score (nSPS) is 21.1. The lowest BCUT2D eigenvalue weighted by atomic mass is 10.1. The maximum atomic E-state index is 11.6. The smallest absolute Gasteiger partial charge is 0.315 e. The van der Waals surface area contributed by atoms with Gasteiger partial charge >= 0.3 is 12.0 Å². The van der Waals surface area contributed by atoms with Gasteiger partial charge in [-0.2, -0.15) is 0 Å². The quantitative estimate of drug-likeness (QED) is 0.642. The number of rotatable bonds is 7. The molecule has 6 heteroatoms. The number of carboxylic acids is 1. The first-order chi connectivity index (χ1) is 9.01. The predicted molar refractivity (Wildman–Crippen MR) is 73.1 cm³/mol. The van der Waals surface area contributed by atoms with Crippen molar-refractivity contribution in [2.75, 3.05) is 26.2 Å². The Morgan fingerprint density at radius 2 is 2.21 bits per heavy atom. The summed E-state index contributed by atoms with van der Waals surface area (Å²) in [4.78, 5) is 24.4. The highest BCUT2D eigenvalue weighted by atomic mass is 16.4. The Kier molecular flexibility index (Phi) is 6.62. The molecule has 1 aliphatic rings. The van der Waals surface area contributed by atoms with Crippen molar-refractivity contribution in [3.8, 4) is 0 Å². The van der Waals surface area contributed by atoms with Crippen LogP contribution in [0.2, 0.25) is 0 Å². The summed E-state index contributed by atoms with van der Waals surface area (Å²) in [5, 5.41) is 14.2. The van der Waals surface area contributed by atoms with Gasteiger partial charge in [-0.25, -0.2) is 4.79 Å². The maximum absolute atomic E-state index is 11.6. The summed E-state index contributed by atoms with van der Waals surface area (Å²) in [6.45, 7) is 7.87. The van der Waals surface area contributed by atoms with Gasteiger partial charge in [0, 0.05) is 25.6 Å². The van der Waals surface area contributed by atoms with Crippen molar-refractivity contribution in [1.82, 2.24) is 15.5 Å². The Morgan fingerprint density at radius 3 is 2.79 bits per heavy atom. The van der Waals surface area contributed by atoms with Crippen LogP contribution in [0.4, 0.5) is 4.79 Å². The van der Waals surface area contributed by atoms with Crippen molar-refractivity contribution in [2.45, 2.75) is 39.2 Å². The van der Waals surface area contributed by atoms with Crippen molar-refractivity contribution in [3.63, 3.8) is 0 Å². The molecule has 0 bridgehead atoms. The molecule has 3 N–H and O–H groups in total. The van der Waals surface area contributed by atoms with E-state index in [2.05, 4.69) is 22.5 Å². The van der Waals surface area contributed by atoms with Crippen molar-refractivity contribution < 1.29 is 14.7 Å². The van der Waals surface area contributed by atoms with E-state index >= 15 is 0 Å². The summed E-state index contributed by atoms with van der Waals surface area (Å²) in [5.74, 6) is -0.306. The number of amides is 2. The van der Waals surface area contributed by atoms with Crippen molar-refractivity contribution in [1.29, 1.82) is 0 Å². The molecule has 1 rings (SSSR count). The van der Waals surface area contributed by atoms with Crippen LogP contribution >= 0.6 is 0 Å². The van der Waals surface area contributed by atoms with Crippen LogP contribution in [-0.2, 0) is 4.79 Å². The Bertz CT molecular complexity index is 310. The molecule has 0 saturated carbocycles. The topological polar surface area (TPSA) is 81.7 Å². The molecule has 1 saturated heterocycles. The van der Waals surface area contributed by atoms with Crippen LogP contribution in [0.1, 0.15) is 33.1 Å². The number of carboxylic acid groups (broad SMARTS) is 1. The van der Waals surface area contributed by atoms with Gasteiger partial charge in [-0.3, -0.25) is 4.79 Å².